The quantitative estimate of drug-likeness (QED) is 0.653. The maximum atomic E-state index is 11.5. The summed E-state index contributed by atoms with van der Waals surface area (Å²) in [5, 5.41) is 14.0. The molecule has 2 aliphatic carbocycles. The Morgan fingerprint density at radius 2 is 1.62 bits per heavy atom. The first-order chi connectivity index (χ1) is 7.58. The van der Waals surface area contributed by atoms with Gasteiger partial charge in [0.1, 0.15) is 6.04 Å². The second-order valence-electron chi connectivity index (χ2n) is 4.88. The number of aliphatic carboxylic acids is 1. The molecule has 5 nitrogen and oxygen atoms in total. The van der Waals surface area contributed by atoms with Crippen LogP contribution in [-0.4, -0.2) is 29.2 Å². The van der Waals surface area contributed by atoms with E-state index in [9.17, 15) is 9.59 Å². The number of carboxylic acids is 1. The minimum atomic E-state index is -1.01. The Kier molecular flexibility index (Phi) is 3.03. The molecule has 2 saturated carbocycles. The van der Waals surface area contributed by atoms with Gasteiger partial charge in [0.2, 0.25) is 0 Å². The fraction of sp³-hybridized carbons (Fsp3) is 0.818. The van der Waals surface area contributed by atoms with Crippen molar-refractivity contribution in [1.29, 1.82) is 0 Å². The number of carbonyl (C=O) groups is 2. The van der Waals surface area contributed by atoms with Gasteiger partial charge >= 0.3 is 12.0 Å². The summed E-state index contributed by atoms with van der Waals surface area (Å²) in [4.78, 5) is 22.1. The second kappa shape index (κ2) is 4.31. The number of hydrogen-bond donors (Lipinski definition) is 3. The first-order valence-corrected chi connectivity index (χ1v) is 5.87. The van der Waals surface area contributed by atoms with Gasteiger partial charge in [0, 0.05) is 6.04 Å². The van der Waals surface area contributed by atoms with Crippen LogP contribution in [0.4, 0.5) is 4.79 Å². The molecule has 0 spiro atoms. The van der Waals surface area contributed by atoms with Crippen molar-refractivity contribution in [3.8, 4) is 0 Å². The normalized spacial score (nSPS) is 21.6. The molecule has 1 atom stereocenters. The van der Waals surface area contributed by atoms with Gasteiger partial charge in [0.05, 0.1) is 0 Å². The molecular weight excluding hydrogens is 208 g/mol. The van der Waals surface area contributed by atoms with E-state index >= 15 is 0 Å². The molecular formula is C11H18N2O3. The molecule has 5 heteroatoms. The van der Waals surface area contributed by atoms with Crippen molar-refractivity contribution >= 4 is 12.0 Å². The third-order valence-electron chi connectivity index (χ3n) is 3.28. The Labute approximate surface area is 94.6 Å². The minimum Gasteiger partial charge on any atom is -0.480 e. The summed E-state index contributed by atoms with van der Waals surface area (Å²) in [6.07, 6.45) is 4.76. The second-order valence-corrected chi connectivity index (χ2v) is 4.88. The average Bonchev–Trinajstić information content (AvgIpc) is 3.05. The lowest BCUT2D eigenvalue weighted by Gasteiger charge is -2.19. The first-order valence-electron chi connectivity index (χ1n) is 5.87. The zero-order chi connectivity index (χ0) is 11.7. The van der Waals surface area contributed by atoms with Crippen LogP contribution in [0.3, 0.4) is 0 Å². The van der Waals surface area contributed by atoms with Crippen molar-refractivity contribution in [3.63, 3.8) is 0 Å². The maximum Gasteiger partial charge on any atom is 0.325 e. The number of amides is 2. The summed E-state index contributed by atoms with van der Waals surface area (Å²) in [7, 11) is 0. The summed E-state index contributed by atoms with van der Waals surface area (Å²) in [6, 6.07) is -0.918. The molecule has 0 heterocycles. The molecule has 0 aromatic heterocycles. The van der Waals surface area contributed by atoms with Crippen molar-refractivity contribution in [2.45, 2.75) is 44.7 Å². The number of nitrogens with one attached hydrogen (secondary N) is 2. The molecule has 2 aliphatic rings. The molecule has 0 aromatic carbocycles. The van der Waals surface area contributed by atoms with Crippen molar-refractivity contribution in [1.82, 2.24) is 10.6 Å². The lowest BCUT2D eigenvalue weighted by Crippen LogP contribution is -2.49. The Bertz CT molecular complexity index is 286. The van der Waals surface area contributed by atoms with Gasteiger partial charge in [-0.2, -0.15) is 0 Å². The van der Waals surface area contributed by atoms with Gasteiger partial charge in [-0.25, -0.2) is 4.79 Å². The van der Waals surface area contributed by atoms with E-state index in [1.165, 1.54) is 32.6 Å². The summed E-state index contributed by atoms with van der Waals surface area (Å²) >= 11 is 0. The van der Waals surface area contributed by atoms with Crippen LogP contribution in [0.5, 0.6) is 0 Å². The minimum absolute atomic E-state index is 0.265. The largest absolute Gasteiger partial charge is 0.480 e. The van der Waals surface area contributed by atoms with Crippen LogP contribution in [0.2, 0.25) is 0 Å². The molecule has 3 N–H and O–H groups in total. The van der Waals surface area contributed by atoms with Gasteiger partial charge in [-0.3, -0.25) is 4.79 Å². The van der Waals surface area contributed by atoms with Crippen molar-refractivity contribution in [2.75, 3.05) is 0 Å². The van der Waals surface area contributed by atoms with Crippen LogP contribution in [0.1, 0.15) is 32.6 Å². The van der Waals surface area contributed by atoms with Crippen molar-refractivity contribution in [3.05, 3.63) is 0 Å². The number of carboxylic acid groups (broad SMARTS) is 1. The smallest absolute Gasteiger partial charge is 0.325 e. The topological polar surface area (TPSA) is 78.4 Å². The highest BCUT2D eigenvalue weighted by Crippen LogP contribution is 2.44. The predicted molar refractivity (Wildman–Crippen MR) is 58.0 cm³/mol. The molecule has 0 saturated heterocycles. The lowest BCUT2D eigenvalue weighted by molar-refractivity contribution is -0.138. The van der Waals surface area contributed by atoms with Gasteiger partial charge in [0.25, 0.3) is 0 Å². The molecule has 0 bridgehead atoms. The van der Waals surface area contributed by atoms with E-state index in [0.29, 0.717) is 11.8 Å². The molecule has 90 valence electrons. The number of urea groups is 1. The van der Waals surface area contributed by atoms with Gasteiger partial charge in [-0.15, -0.1) is 0 Å². The highest BCUT2D eigenvalue weighted by atomic mass is 16.4. The summed E-state index contributed by atoms with van der Waals surface area (Å²) in [6.45, 7) is 1.46. The molecule has 16 heavy (non-hydrogen) atoms. The van der Waals surface area contributed by atoms with Gasteiger partial charge in [-0.05, 0) is 44.4 Å². The Hall–Kier alpha value is -1.26. The summed E-state index contributed by atoms with van der Waals surface area (Å²) in [5.74, 6) is 0.237. The third-order valence-corrected chi connectivity index (χ3v) is 3.28. The fourth-order valence-corrected chi connectivity index (χ4v) is 1.98. The van der Waals surface area contributed by atoms with Crippen LogP contribution in [-0.2, 0) is 4.79 Å². The van der Waals surface area contributed by atoms with Gasteiger partial charge < -0.3 is 15.7 Å². The van der Waals surface area contributed by atoms with Crippen LogP contribution in [0.15, 0.2) is 0 Å². The molecule has 0 aliphatic heterocycles. The zero-order valence-electron chi connectivity index (χ0n) is 9.40. The van der Waals surface area contributed by atoms with Crippen LogP contribution in [0, 0.1) is 11.8 Å². The molecule has 1 unspecified atom stereocenters. The molecule has 2 fully saturated rings. The Balaban J connectivity index is 1.78. The molecule has 0 radical (unpaired) electrons. The summed E-state index contributed by atoms with van der Waals surface area (Å²) < 4.78 is 0. The predicted octanol–water partition coefficient (Wildman–Crippen LogP) is 0.947. The molecule has 0 aromatic rings. The van der Waals surface area contributed by atoms with E-state index in [1.54, 1.807) is 0 Å². The van der Waals surface area contributed by atoms with Gasteiger partial charge in [-0.1, -0.05) is 0 Å². The van der Waals surface area contributed by atoms with E-state index in [-0.39, 0.29) is 12.1 Å². The van der Waals surface area contributed by atoms with E-state index in [4.69, 9.17) is 5.11 Å². The van der Waals surface area contributed by atoms with Crippen LogP contribution >= 0.6 is 0 Å². The zero-order valence-corrected chi connectivity index (χ0v) is 9.40. The average molecular weight is 226 g/mol. The first kappa shape index (κ1) is 11.2. The van der Waals surface area contributed by atoms with Crippen molar-refractivity contribution < 1.29 is 14.7 Å². The van der Waals surface area contributed by atoms with E-state index in [1.807, 2.05) is 0 Å². The van der Waals surface area contributed by atoms with Gasteiger partial charge in [0.15, 0.2) is 0 Å². The highest BCUT2D eigenvalue weighted by molar-refractivity contribution is 5.82. The maximum absolute atomic E-state index is 11.5. The number of rotatable bonds is 5. The SMILES string of the molecule is CC(NC(=O)NC(C1CC1)C1CC1)C(=O)O. The Morgan fingerprint density at radius 1 is 1.12 bits per heavy atom. The monoisotopic (exact) mass is 226 g/mol. The van der Waals surface area contributed by atoms with Crippen LogP contribution in [0.25, 0.3) is 0 Å². The lowest BCUT2D eigenvalue weighted by atomic mass is 10.1. The van der Waals surface area contributed by atoms with E-state index < -0.39 is 12.0 Å². The number of carbonyl (C=O) groups excluding carboxylic acids is 1. The number of hydrogen-bond acceptors (Lipinski definition) is 2. The highest BCUT2D eigenvalue weighted by Gasteiger charge is 2.42. The van der Waals surface area contributed by atoms with E-state index in [0.717, 1.165) is 0 Å². The summed E-state index contributed by atoms with van der Waals surface area (Å²) in [5.41, 5.74) is 0. The molecule has 2 amide bonds. The molecule has 2 rings (SSSR count). The fourth-order valence-electron chi connectivity index (χ4n) is 1.98. The van der Waals surface area contributed by atoms with Crippen LogP contribution < -0.4 is 10.6 Å². The third kappa shape index (κ3) is 2.87. The van der Waals surface area contributed by atoms with E-state index in [2.05, 4.69) is 10.6 Å². The Morgan fingerprint density at radius 3 is 2.00 bits per heavy atom. The van der Waals surface area contributed by atoms with Crippen molar-refractivity contribution in [2.24, 2.45) is 11.8 Å². The standard InChI is InChI=1S/C11H18N2O3/c1-6(10(14)15)12-11(16)13-9(7-2-3-7)8-4-5-8/h6-9H,2-5H2,1H3,(H,14,15)(H2,12,13,16).